The van der Waals surface area contributed by atoms with Gasteiger partial charge in [-0.25, -0.2) is 4.39 Å². The van der Waals surface area contributed by atoms with Crippen molar-refractivity contribution in [1.82, 2.24) is 0 Å². The minimum absolute atomic E-state index is 0.0827. The monoisotopic (exact) mass is 358 g/mol. The Morgan fingerprint density at radius 3 is 2.36 bits per heavy atom. The van der Waals surface area contributed by atoms with Crippen LogP contribution in [0.3, 0.4) is 0 Å². The van der Waals surface area contributed by atoms with E-state index < -0.39 is 17.9 Å². The Balaban J connectivity index is 1.79. The van der Waals surface area contributed by atoms with Gasteiger partial charge in [-0.1, -0.05) is 31.4 Å². The summed E-state index contributed by atoms with van der Waals surface area (Å²) >= 11 is 0. The first kappa shape index (κ1) is 18.1. The van der Waals surface area contributed by atoms with Crippen molar-refractivity contribution in [2.24, 2.45) is 11.8 Å². The normalized spacial score (nSPS) is 19.4. The summed E-state index contributed by atoms with van der Waals surface area (Å²) in [6, 6.07) is 2.80. The van der Waals surface area contributed by atoms with Crippen molar-refractivity contribution in [3.05, 3.63) is 29.6 Å². The molecule has 2 aliphatic rings. The van der Waals surface area contributed by atoms with E-state index in [9.17, 15) is 17.6 Å². The molecule has 0 atom stereocenters. The fourth-order valence-corrected chi connectivity index (χ4v) is 3.26. The van der Waals surface area contributed by atoms with Gasteiger partial charge in [0.05, 0.1) is 6.61 Å². The van der Waals surface area contributed by atoms with Gasteiger partial charge in [0.1, 0.15) is 0 Å². The average molecular weight is 358 g/mol. The Morgan fingerprint density at radius 2 is 1.76 bits per heavy atom. The molecule has 0 amide bonds. The van der Waals surface area contributed by atoms with Crippen LogP contribution in [0.2, 0.25) is 0 Å². The van der Waals surface area contributed by atoms with E-state index >= 15 is 0 Å². The zero-order valence-electron chi connectivity index (χ0n) is 13.9. The summed E-state index contributed by atoms with van der Waals surface area (Å²) in [5.41, 5.74) is 0.0827. The molecular weight excluding hydrogens is 336 g/mol. The molecule has 0 bridgehead atoms. The highest BCUT2D eigenvalue weighted by atomic mass is 19.4. The zero-order chi connectivity index (χ0) is 17.9. The first-order valence-corrected chi connectivity index (χ1v) is 8.81. The molecule has 0 radical (unpaired) electrons. The topological polar surface area (TPSA) is 18.5 Å². The third kappa shape index (κ3) is 4.89. The van der Waals surface area contributed by atoms with Crippen LogP contribution < -0.4 is 9.47 Å². The minimum Gasteiger partial charge on any atom is -0.489 e. The molecule has 0 heterocycles. The summed E-state index contributed by atoms with van der Waals surface area (Å²) in [4.78, 5) is 0. The second kappa shape index (κ2) is 7.67. The van der Waals surface area contributed by atoms with Gasteiger partial charge < -0.3 is 9.47 Å². The third-order valence-corrected chi connectivity index (χ3v) is 4.96. The Bertz CT molecular complexity index is 615. The number of benzene rings is 1. The minimum atomic E-state index is -4.97. The van der Waals surface area contributed by atoms with Crippen molar-refractivity contribution in [2.45, 2.75) is 51.3 Å². The molecule has 2 nitrogen and oxygen atoms in total. The van der Waals surface area contributed by atoms with Gasteiger partial charge in [0.2, 0.25) is 5.75 Å². The highest BCUT2D eigenvalue weighted by molar-refractivity contribution is 5.57. The van der Waals surface area contributed by atoms with Crippen LogP contribution in [0, 0.1) is 17.7 Å². The van der Waals surface area contributed by atoms with E-state index in [1.165, 1.54) is 18.2 Å². The predicted molar refractivity (Wildman–Crippen MR) is 86.9 cm³/mol. The summed E-state index contributed by atoms with van der Waals surface area (Å²) in [5, 5.41) is 0. The molecule has 3 rings (SSSR count). The largest absolute Gasteiger partial charge is 0.573 e. The summed E-state index contributed by atoms with van der Waals surface area (Å²) < 4.78 is 62.1. The molecule has 0 saturated heterocycles. The first-order chi connectivity index (χ1) is 11.9. The van der Waals surface area contributed by atoms with Crippen molar-refractivity contribution in [3.63, 3.8) is 0 Å². The van der Waals surface area contributed by atoms with Crippen molar-refractivity contribution in [3.8, 4) is 11.5 Å². The molecule has 25 heavy (non-hydrogen) atoms. The number of ether oxygens (including phenoxy) is 2. The Kier molecular flexibility index (Phi) is 5.54. The fraction of sp³-hybridized carbons (Fsp3) is 0.579. The molecule has 0 N–H and O–H groups in total. The molecule has 2 saturated carbocycles. The van der Waals surface area contributed by atoms with Crippen molar-refractivity contribution >= 4 is 6.08 Å². The molecule has 0 spiro atoms. The van der Waals surface area contributed by atoms with Gasteiger partial charge in [0.25, 0.3) is 0 Å². The maximum Gasteiger partial charge on any atom is 0.573 e. The summed E-state index contributed by atoms with van der Waals surface area (Å²) in [6.45, 7) is 0.283. The molecule has 138 valence electrons. The maximum absolute atomic E-state index is 14.6. The van der Waals surface area contributed by atoms with E-state index in [-0.39, 0.29) is 17.9 Å². The van der Waals surface area contributed by atoms with Crippen LogP contribution in [-0.2, 0) is 0 Å². The SMILES string of the molecule is Fc1c(/C=C/C2CCC2)ccc(OCC2CCCC2)c1OC(F)(F)F. The summed E-state index contributed by atoms with van der Waals surface area (Å²) in [5.74, 6) is -1.41. The van der Waals surface area contributed by atoms with Gasteiger partial charge in [-0.05, 0) is 49.7 Å². The molecule has 0 aromatic heterocycles. The fourth-order valence-electron chi connectivity index (χ4n) is 3.26. The lowest BCUT2D eigenvalue weighted by Gasteiger charge is -2.21. The Morgan fingerprint density at radius 1 is 1.04 bits per heavy atom. The van der Waals surface area contributed by atoms with E-state index in [2.05, 4.69) is 4.74 Å². The van der Waals surface area contributed by atoms with Crippen LogP contribution in [0.1, 0.15) is 50.5 Å². The molecule has 1 aromatic rings. The maximum atomic E-state index is 14.6. The molecule has 6 heteroatoms. The Labute approximate surface area is 144 Å². The highest BCUT2D eigenvalue weighted by Crippen LogP contribution is 2.38. The lowest BCUT2D eigenvalue weighted by atomic mass is 9.85. The molecular formula is C19H22F4O2. The molecule has 0 aliphatic heterocycles. The van der Waals surface area contributed by atoms with E-state index in [0.717, 1.165) is 44.9 Å². The van der Waals surface area contributed by atoms with Crippen LogP contribution in [0.5, 0.6) is 11.5 Å². The van der Waals surface area contributed by atoms with Crippen molar-refractivity contribution < 1.29 is 27.0 Å². The van der Waals surface area contributed by atoms with Crippen LogP contribution in [0.25, 0.3) is 6.08 Å². The quantitative estimate of drug-likeness (QED) is 0.572. The smallest absolute Gasteiger partial charge is 0.489 e. The van der Waals surface area contributed by atoms with Crippen molar-refractivity contribution in [1.29, 1.82) is 0 Å². The summed E-state index contributed by atoms with van der Waals surface area (Å²) in [6.07, 6.45) is 5.77. The van der Waals surface area contributed by atoms with Crippen LogP contribution >= 0.6 is 0 Å². The van der Waals surface area contributed by atoms with Crippen LogP contribution in [0.15, 0.2) is 18.2 Å². The second-order valence-corrected chi connectivity index (χ2v) is 6.86. The second-order valence-electron chi connectivity index (χ2n) is 6.86. The lowest BCUT2D eigenvalue weighted by Crippen LogP contribution is -2.19. The number of allylic oxidation sites excluding steroid dienone is 1. The van der Waals surface area contributed by atoms with Gasteiger partial charge in [0, 0.05) is 5.56 Å². The van der Waals surface area contributed by atoms with Gasteiger partial charge in [-0.15, -0.1) is 13.2 Å². The number of halogens is 4. The molecule has 2 fully saturated rings. The number of hydrogen-bond acceptors (Lipinski definition) is 2. The van der Waals surface area contributed by atoms with E-state index in [0.29, 0.717) is 11.8 Å². The highest BCUT2D eigenvalue weighted by Gasteiger charge is 2.35. The number of alkyl halides is 3. The van der Waals surface area contributed by atoms with Gasteiger partial charge in [-0.2, -0.15) is 0 Å². The number of hydrogen-bond donors (Lipinski definition) is 0. The van der Waals surface area contributed by atoms with Gasteiger partial charge in [-0.3, -0.25) is 0 Å². The van der Waals surface area contributed by atoms with E-state index in [4.69, 9.17) is 4.74 Å². The van der Waals surface area contributed by atoms with Crippen LogP contribution in [0.4, 0.5) is 17.6 Å². The van der Waals surface area contributed by atoms with E-state index in [1.54, 1.807) is 0 Å². The zero-order valence-corrected chi connectivity index (χ0v) is 13.9. The van der Waals surface area contributed by atoms with Gasteiger partial charge in [0.15, 0.2) is 11.6 Å². The predicted octanol–water partition coefficient (Wildman–Crippen LogP) is 6.11. The summed E-state index contributed by atoms with van der Waals surface area (Å²) in [7, 11) is 0. The third-order valence-electron chi connectivity index (χ3n) is 4.96. The standard InChI is InChI=1S/C19H22F4O2/c20-17-15(9-8-13-6-3-7-13)10-11-16(18(17)25-19(21,22)23)24-12-14-4-1-2-5-14/h8-11,13-14H,1-7,12H2/b9-8+. The lowest BCUT2D eigenvalue weighted by molar-refractivity contribution is -0.276. The molecule has 0 unspecified atom stereocenters. The Hall–Kier alpha value is -1.72. The first-order valence-electron chi connectivity index (χ1n) is 8.81. The molecule has 1 aromatic carbocycles. The number of rotatable bonds is 6. The van der Waals surface area contributed by atoms with E-state index in [1.807, 2.05) is 6.08 Å². The van der Waals surface area contributed by atoms with Crippen molar-refractivity contribution in [2.75, 3.05) is 6.61 Å². The molecule has 2 aliphatic carbocycles. The van der Waals surface area contributed by atoms with Crippen LogP contribution in [-0.4, -0.2) is 13.0 Å². The van der Waals surface area contributed by atoms with Gasteiger partial charge >= 0.3 is 6.36 Å². The average Bonchev–Trinajstić information content (AvgIpc) is 3.00.